The van der Waals surface area contributed by atoms with Crippen LogP contribution >= 0.6 is 24.0 Å². The Bertz CT molecular complexity index is 991. The van der Waals surface area contributed by atoms with Crippen molar-refractivity contribution in [2.45, 2.75) is 59.7 Å². The van der Waals surface area contributed by atoms with E-state index in [1.54, 1.807) is 0 Å². The molecule has 0 spiro atoms. The van der Waals surface area contributed by atoms with Crippen molar-refractivity contribution in [1.82, 2.24) is 30.0 Å². The van der Waals surface area contributed by atoms with Crippen LogP contribution in [0.15, 0.2) is 47.7 Å². The summed E-state index contributed by atoms with van der Waals surface area (Å²) in [4.78, 5) is 9.32. The first-order valence-corrected chi connectivity index (χ1v) is 11.1. The quantitative estimate of drug-likeness (QED) is 0.242. The highest BCUT2D eigenvalue weighted by atomic mass is 127. The van der Waals surface area contributed by atoms with Gasteiger partial charge in [-0.2, -0.15) is 5.10 Å². The molecular weight excluding hydrogens is 513 g/mol. The number of aliphatic imine (C=N–C) groups is 1. The lowest BCUT2D eigenvalue weighted by molar-refractivity contribution is 0.627. The molecule has 1 aromatic carbocycles. The second kappa shape index (κ2) is 12.6. The number of hydrogen-bond donors (Lipinski definition) is 2. The molecule has 0 aliphatic heterocycles. The largest absolute Gasteiger partial charge is 0.357 e. The molecule has 174 valence electrons. The lowest BCUT2D eigenvalue weighted by Gasteiger charge is -2.18. The summed E-state index contributed by atoms with van der Waals surface area (Å²) in [6, 6.07) is 10.8. The molecule has 2 aromatic heterocycles. The van der Waals surface area contributed by atoms with Crippen LogP contribution in [0.2, 0.25) is 0 Å². The standard InChI is InChI=1S/C24H35N7.HI/c1-6-25-24(28-18(2)16-22-19(3)29-30(5)20(22)4)27-17-23-26-13-15-31(23)14-12-21-10-8-7-9-11-21;/h7-11,13,15,18H,6,12,14,16-17H2,1-5H3,(H2,25,27,28);1H. The molecule has 7 nitrogen and oxygen atoms in total. The molecule has 1 unspecified atom stereocenters. The van der Waals surface area contributed by atoms with E-state index in [9.17, 15) is 0 Å². The minimum absolute atomic E-state index is 0. The monoisotopic (exact) mass is 549 g/mol. The lowest BCUT2D eigenvalue weighted by Crippen LogP contribution is -2.43. The number of benzene rings is 1. The normalized spacial score (nSPS) is 12.3. The number of nitrogens with one attached hydrogen (secondary N) is 2. The van der Waals surface area contributed by atoms with E-state index in [1.807, 2.05) is 30.2 Å². The summed E-state index contributed by atoms with van der Waals surface area (Å²) in [6.45, 7) is 10.7. The molecule has 3 rings (SSSR count). The predicted molar refractivity (Wildman–Crippen MR) is 142 cm³/mol. The number of aryl methyl sites for hydroxylation is 4. The molecule has 2 N–H and O–H groups in total. The maximum absolute atomic E-state index is 4.79. The van der Waals surface area contributed by atoms with Gasteiger partial charge in [0.15, 0.2) is 5.96 Å². The third-order valence-corrected chi connectivity index (χ3v) is 5.56. The highest BCUT2D eigenvalue weighted by Gasteiger charge is 2.14. The molecule has 0 bridgehead atoms. The van der Waals surface area contributed by atoms with Crippen LogP contribution in [0, 0.1) is 13.8 Å². The first-order chi connectivity index (χ1) is 15.0. The summed E-state index contributed by atoms with van der Waals surface area (Å²) in [5.41, 5.74) is 4.94. The molecule has 8 heteroatoms. The second-order valence-electron chi connectivity index (χ2n) is 7.99. The van der Waals surface area contributed by atoms with Gasteiger partial charge >= 0.3 is 0 Å². The van der Waals surface area contributed by atoms with Crippen LogP contribution in [0.4, 0.5) is 0 Å². The van der Waals surface area contributed by atoms with Crippen LogP contribution in [0.5, 0.6) is 0 Å². The minimum Gasteiger partial charge on any atom is -0.357 e. The van der Waals surface area contributed by atoms with E-state index in [0.717, 1.165) is 43.4 Å². The van der Waals surface area contributed by atoms with Gasteiger partial charge in [0.2, 0.25) is 0 Å². The Morgan fingerprint density at radius 3 is 2.59 bits per heavy atom. The Labute approximate surface area is 208 Å². The fourth-order valence-electron chi connectivity index (χ4n) is 3.76. The van der Waals surface area contributed by atoms with Gasteiger partial charge in [-0.3, -0.25) is 4.68 Å². The maximum Gasteiger partial charge on any atom is 0.191 e. The summed E-state index contributed by atoms with van der Waals surface area (Å²) in [7, 11) is 2.00. The third kappa shape index (κ3) is 7.08. The van der Waals surface area contributed by atoms with Gasteiger partial charge in [-0.15, -0.1) is 24.0 Å². The summed E-state index contributed by atoms with van der Waals surface area (Å²) >= 11 is 0. The van der Waals surface area contributed by atoms with Crippen LogP contribution in [0.3, 0.4) is 0 Å². The SMILES string of the molecule is CCNC(=NCc1nccn1CCc1ccccc1)NC(C)Cc1c(C)nn(C)c1C.I. The maximum atomic E-state index is 4.79. The van der Waals surface area contributed by atoms with Crippen molar-refractivity contribution in [3.63, 3.8) is 0 Å². The van der Waals surface area contributed by atoms with Gasteiger partial charge in [-0.05, 0) is 51.7 Å². The second-order valence-corrected chi connectivity index (χ2v) is 7.99. The lowest BCUT2D eigenvalue weighted by atomic mass is 10.1. The summed E-state index contributed by atoms with van der Waals surface area (Å²) in [5, 5.41) is 11.4. The Morgan fingerprint density at radius 1 is 1.19 bits per heavy atom. The highest BCUT2D eigenvalue weighted by molar-refractivity contribution is 14.0. The first-order valence-electron chi connectivity index (χ1n) is 11.1. The van der Waals surface area contributed by atoms with Crippen LogP contribution < -0.4 is 10.6 Å². The molecule has 32 heavy (non-hydrogen) atoms. The number of rotatable bonds is 9. The van der Waals surface area contributed by atoms with Gasteiger partial charge in [0.05, 0.1) is 5.69 Å². The van der Waals surface area contributed by atoms with E-state index in [0.29, 0.717) is 6.54 Å². The van der Waals surface area contributed by atoms with Gasteiger partial charge in [-0.1, -0.05) is 30.3 Å². The average molecular weight is 550 g/mol. The van der Waals surface area contributed by atoms with Crippen molar-refractivity contribution in [3.8, 4) is 0 Å². The molecule has 0 amide bonds. The van der Waals surface area contributed by atoms with Crippen molar-refractivity contribution in [3.05, 3.63) is 71.1 Å². The topological polar surface area (TPSA) is 72.1 Å². The van der Waals surface area contributed by atoms with Crippen molar-refractivity contribution >= 4 is 29.9 Å². The van der Waals surface area contributed by atoms with E-state index in [1.165, 1.54) is 16.8 Å². The summed E-state index contributed by atoms with van der Waals surface area (Å²) < 4.78 is 4.14. The number of halogens is 1. The summed E-state index contributed by atoms with van der Waals surface area (Å²) in [5.74, 6) is 1.78. The highest BCUT2D eigenvalue weighted by Crippen LogP contribution is 2.14. The van der Waals surface area contributed by atoms with E-state index in [-0.39, 0.29) is 30.0 Å². The van der Waals surface area contributed by atoms with E-state index >= 15 is 0 Å². The van der Waals surface area contributed by atoms with Gasteiger partial charge in [-0.25, -0.2) is 9.98 Å². The zero-order valence-corrected chi connectivity index (χ0v) is 22.1. The molecule has 0 aliphatic carbocycles. The van der Waals surface area contributed by atoms with Gasteiger partial charge in [0.25, 0.3) is 0 Å². The van der Waals surface area contributed by atoms with Crippen molar-refractivity contribution in [2.24, 2.45) is 12.0 Å². The molecule has 0 saturated heterocycles. The fourth-order valence-corrected chi connectivity index (χ4v) is 3.76. The Morgan fingerprint density at radius 2 is 1.94 bits per heavy atom. The molecule has 3 aromatic rings. The Kier molecular flexibility index (Phi) is 10.2. The fraction of sp³-hybridized carbons (Fsp3) is 0.458. The van der Waals surface area contributed by atoms with Gasteiger partial charge in [0, 0.05) is 44.3 Å². The number of guanidine groups is 1. The Balaban J connectivity index is 0.00000363. The molecule has 1 atom stereocenters. The number of aromatic nitrogens is 4. The van der Waals surface area contributed by atoms with Crippen molar-refractivity contribution < 1.29 is 0 Å². The predicted octanol–water partition coefficient (Wildman–Crippen LogP) is 3.78. The van der Waals surface area contributed by atoms with E-state index in [2.05, 4.69) is 77.2 Å². The smallest absolute Gasteiger partial charge is 0.191 e. The molecule has 0 radical (unpaired) electrons. The molecule has 0 fully saturated rings. The van der Waals surface area contributed by atoms with E-state index < -0.39 is 0 Å². The average Bonchev–Trinajstić information content (AvgIpc) is 3.30. The van der Waals surface area contributed by atoms with Gasteiger partial charge < -0.3 is 15.2 Å². The number of hydrogen-bond acceptors (Lipinski definition) is 3. The molecule has 0 saturated carbocycles. The zero-order chi connectivity index (χ0) is 22.2. The minimum atomic E-state index is 0. The first kappa shape index (κ1) is 25.9. The van der Waals surface area contributed by atoms with Crippen molar-refractivity contribution in [1.29, 1.82) is 0 Å². The van der Waals surface area contributed by atoms with Crippen LogP contribution in [0.25, 0.3) is 0 Å². The number of nitrogens with zero attached hydrogens (tertiary/aromatic N) is 5. The van der Waals surface area contributed by atoms with Crippen LogP contribution in [-0.4, -0.2) is 37.9 Å². The van der Waals surface area contributed by atoms with Crippen LogP contribution in [0.1, 0.15) is 42.2 Å². The molecular formula is C24H36IN7. The third-order valence-electron chi connectivity index (χ3n) is 5.56. The van der Waals surface area contributed by atoms with Crippen LogP contribution in [-0.2, 0) is 33.0 Å². The van der Waals surface area contributed by atoms with Crippen molar-refractivity contribution in [2.75, 3.05) is 6.54 Å². The molecule has 2 heterocycles. The zero-order valence-electron chi connectivity index (χ0n) is 19.8. The summed E-state index contributed by atoms with van der Waals surface area (Å²) in [6.07, 6.45) is 5.77. The molecule has 0 aliphatic rings. The number of imidazole rings is 1. The Hall–Kier alpha value is -2.36. The van der Waals surface area contributed by atoms with Gasteiger partial charge in [0.1, 0.15) is 12.4 Å². The van der Waals surface area contributed by atoms with E-state index in [4.69, 9.17) is 4.99 Å².